The molecule has 35 heavy (non-hydrogen) atoms. The highest BCUT2D eigenvalue weighted by Crippen LogP contribution is 2.32. The van der Waals surface area contributed by atoms with Gasteiger partial charge >= 0.3 is 0 Å². The van der Waals surface area contributed by atoms with Crippen LogP contribution >= 0.6 is 11.3 Å². The van der Waals surface area contributed by atoms with Crippen LogP contribution in [0.25, 0.3) is 16.0 Å². The van der Waals surface area contributed by atoms with Crippen LogP contribution in [0.3, 0.4) is 0 Å². The predicted molar refractivity (Wildman–Crippen MR) is 138 cm³/mol. The molecule has 0 saturated carbocycles. The van der Waals surface area contributed by atoms with Crippen LogP contribution in [0.4, 0.5) is 5.69 Å². The Bertz CT molecular complexity index is 1500. The molecule has 182 valence electrons. The lowest BCUT2D eigenvalue weighted by molar-refractivity contribution is 0.112. The van der Waals surface area contributed by atoms with Crippen LogP contribution in [0.1, 0.15) is 49.6 Å². The van der Waals surface area contributed by atoms with Crippen molar-refractivity contribution in [3.63, 3.8) is 0 Å². The van der Waals surface area contributed by atoms with Gasteiger partial charge in [-0.2, -0.15) is 5.26 Å². The monoisotopic (exact) mass is 490 g/mol. The molecule has 5 heterocycles. The molecule has 0 aromatic carbocycles. The van der Waals surface area contributed by atoms with Gasteiger partial charge in [0.2, 0.25) is 0 Å². The molecule has 9 nitrogen and oxygen atoms in total. The average Bonchev–Trinajstić information content (AvgIpc) is 3.43. The Morgan fingerprint density at radius 3 is 2.80 bits per heavy atom. The Hall–Kier alpha value is -3.29. The Morgan fingerprint density at radius 2 is 2.06 bits per heavy atom. The fourth-order valence-corrected chi connectivity index (χ4v) is 5.96. The van der Waals surface area contributed by atoms with Gasteiger partial charge in [0.1, 0.15) is 10.3 Å². The largest absolute Gasteiger partial charge is 0.363 e. The van der Waals surface area contributed by atoms with E-state index < -0.39 is 0 Å². The predicted octanol–water partition coefficient (Wildman–Crippen LogP) is 3.46. The Balaban J connectivity index is 1.48. The molecule has 0 radical (unpaired) electrons. The highest BCUT2D eigenvalue weighted by molar-refractivity contribution is 7.18. The van der Waals surface area contributed by atoms with Crippen molar-refractivity contribution in [2.45, 2.75) is 58.7 Å². The molecule has 3 atom stereocenters. The third-order valence-corrected chi connectivity index (χ3v) is 7.99. The summed E-state index contributed by atoms with van der Waals surface area (Å²) in [5, 5.41) is 10.2. The van der Waals surface area contributed by atoms with Crippen molar-refractivity contribution in [1.82, 2.24) is 29.0 Å². The molecule has 1 unspecified atom stereocenters. The van der Waals surface area contributed by atoms with Crippen LogP contribution in [0, 0.1) is 18.3 Å². The second-order valence-electron chi connectivity index (χ2n) is 9.36. The fourth-order valence-electron chi connectivity index (χ4n) is 5.17. The molecule has 0 spiro atoms. The summed E-state index contributed by atoms with van der Waals surface area (Å²) >= 11 is 1.63. The number of piperazine rings is 1. The summed E-state index contributed by atoms with van der Waals surface area (Å²) in [4.78, 5) is 32.8. The number of pyridine rings is 1. The van der Waals surface area contributed by atoms with Crippen LogP contribution in [-0.2, 0) is 13.5 Å². The highest BCUT2D eigenvalue weighted by atomic mass is 32.1. The zero-order valence-corrected chi connectivity index (χ0v) is 21.6. The second-order valence-corrected chi connectivity index (χ2v) is 10.5. The van der Waals surface area contributed by atoms with Gasteiger partial charge in [-0.3, -0.25) is 9.69 Å². The van der Waals surface area contributed by atoms with Gasteiger partial charge in [-0.15, -0.1) is 0 Å². The van der Waals surface area contributed by atoms with E-state index in [1.165, 1.54) is 0 Å². The lowest BCUT2D eigenvalue weighted by atomic mass is 10.0. The average molecular weight is 491 g/mol. The summed E-state index contributed by atoms with van der Waals surface area (Å²) in [5.41, 5.74) is 4.15. The molecule has 1 aliphatic rings. The molecule has 1 fully saturated rings. The Labute approximate surface area is 208 Å². The molecule has 0 aliphatic carbocycles. The minimum Gasteiger partial charge on any atom is -0.363 e. The van der Waals surface area contributed by atoms with Gasteiger partial charge in [0.05, 0.1) is 40.8 Å². The van der Waals surface area contributed by atoms with Crippen molar-refractivity contribution in [1.29, 1.82) is 5.26 Å². The van der Waals surface area contributed by atoms with Crippen molar-refractivity contribution in [3.8, 4) is 6.07 Å². The summed E-state index contributed by atoms with van der Waals surface area (Å²) in [6.45, 7) is 10.3. The van der Waals surface area contributed by atoms with E-state index in [1.54, 1.807) is 39.8 Å². The maximum Gasteiger partial charge on any atom is 0.267 e. The quantitative estimate of drug-likeness (QED) is 0.423. The number of hydrogen-bond donors (Lipinski definition) is 0. The number of thiazole rings is 1. The van der Waals surface area contributed by atoms with Gasteiger partial charge in [0.25, 0.3) is 5.56 Å². The first-order valence-electron chi connectivity index (χ1n) is 12.0. The maximum absolute atomic E-state index is 12.8. The fraction of sp³-hybridized carbons (Fsp3) is 0.480. The first-order valence-corrected chi connectivity index (χ1v) is 12.8. The van der Waals surface area contributed by atoms with Gasteiger partial charge in [-0.25, -0.2) is 24.1 Å². The topological polar surface area (TPSA) is 95.4 Å². The van der Waals surface area contributed by atoms with Crippen molar-refractivity contribution >= 4 is 33.0 Å². The maximum atomic E-state index is 12.8. The molecule has 5 rings (SSSR count). The normalized spacial score (nSPS) is 19.9. The Morgan fingerprint density at radius 1 is 1.26 bits per heavy atom. The van der Waals surface area contributed by atoms with Crippen LogP contribution in [-0.4, -0.2) is 54.2 Å². The van der Waals surface area contributed by atoms with Crippen molar-refractivity contribution in [2.24, 2.45) is 7.05 Å². The Kier molecular flexibility index (Phi) is 6.07. The van der Waals surface area contributed by atoms with Gasteiger partial charge in [0, 0.05) is 44.3 Å². The number of aromatic nitrogens is 5. The lowest BCUT2D eigenvalue weighted by Gasteiger charge is -2.48. The zero-order valence-electron chi connectivity index (χ0n) is 20.8. The van der Waals surface area contributed by atoms with Gasteiger partial charge in [-0.05, 0) is 39.3 Å². The molecular formula is C25H30N8OS. The second kappa shape index (κ2) is 9.06. The van der Waals surface area contributed by atoms with E-state index in [0.29, 0.717) is 5.69 Å². The minimum atomic E-state index is -0.0935. The number of rotatable bonds is 5. The van der Waals surface area contributed by atoms with Crippen LogP contribution in [0.2, 0.25) is 0 Å². The van der Waals surface area contributed by atoms with E-state index in [0.717, 1.165) is 51.9 Å². The molecule has 0 N–H and O–H groups in total. The number of nitriles is 1. The minimum absolute atomic E-state index is 0.0935. The highest BCUT2D eigenvalue weighted by Gasteiger charge is 2.35. The zero-order chi connectivity index (χ0) is 24.9. The third kappa shape index (κ3) is 4.09. The summed E-state index contributed by atoms with van der Waals surface area (Å²) in [5.74, 6) is 0. The van der Waals surface area contributed by atoms with Crippen LogP contribution < -0.4 is 10.5 Å². The number of imidazole rings is 1. The lowest BCUT2D eigenvalue weighted by Crippen LogP contribution is -2.58. The summed E-state index contributed by atoms with van der Waals surface area (Å²) in [6.07, 6.45) is 2.93. The standard InChI is InChI=1S/C25H30N8OS/c1-6-19-14-31(16(3)20-7-8-21-25(29-20)35-17(4)27-21)15(2)12-32(19)22-11-23(34)30(5)33-13-18(9-10-26)28-24(22)33/h7-8,11,13,15-16,19H,6,9,12,14H2,1-5H3/t15-,16?,19+/m1/s1. The van der Waals surface area contributed by atoms with E-state index in [4.69, 9.17) is 15.2 Å². The van der Waals surface area contributed by atoms with E-state index in [1.807, 2.05) is 6.92 Å². The molecule has 1 aliphatic heterocycles. The SMILES string of the molecule is CC[C@H]1CN(C(C)c2ccc3nc(C)sc3n2)[C@H](C)CN1c1cc(=O)n(C)n2cc(CC#N)nc12. The first kappa shape index (κ1) is 23.5. The molecule has 0 bridgehead atoms. The van der Waals surface area contributed by atoms with Gasteiger partial charge in [0.15, 0.2) is 5.65 Å². The smallest absolute Gasteiger partial charge is 0.267 e. The molecule has 0 amide bonds. The first-order chi connectivity index (χ1) is 16.8. The number of anilines is 1. The number of aryl methyl sites for hydroxylation is 2. The van der Waals surface area contributed by atoms with Crippen molar-refractivity contribution in [2.75, 3.05) is 18.0 Å². The number of nitrogens with zero attached hydrogens (tertiary/aromatic N) is 8. The van der Waals surface area contributed by atoms with E-state index >= 15 is 0 Å². The van der Waals surface area contributed by atoms with Crippen LogP contribution in [0.15, 0.2) is 29.2 Å². The third-order valence-electron chi connectivity index (χ3n) is 7.11. The van der Waals surface area contributed by atoms with E-state index in [9.17, 15) is 4.79 Å². The van der Waals surface area contributed by atoms with Crippen molar-refractivity contribution in [3.05, 3.63) is 51.1 Å². The van der Waals surface area contributed by atoms with Gasteiger partial charge in [-0.1, -0.05) is 18.3 Å². The molecule has 4 aromatic rings. The van der Waals surface area contributed by atoms with Crippen LogP contribution in [0.5, 0.6) is 0 Å². The summed E-state index contributed by atoms with van der Waals surface area (Å²) < 4.78 is 3.31. The van der Waals surface area contributed by atoms with Gasteiger partial charge < -0.3 is 4.90 Å². The van der Waals surface area contributed by atoms with Crippen molar-refractivity contribution < 1.29 is 0 Å². The molecule has 4 aromatic heterocycles. The van der Waals surface area contributed by atoms with E-state index in [-0.39, 0.29) is 30.1 Å². The molecular weight excluding hydrogens is 460 g/mol. The molecule has 1 saturated heterocycles. The summed E-state index contributed by atoms with van der Waals surface area (Å²) in [7, 11) is 1.73. The number of fused-ring (bicyclic) bond motifs is 2. The number of hydrogen-bond acceptors (Lipinski definition) is 8. The molecule has 10 heteroatoms. The van der Waals surface area contributed by atoms with E-state index in [2.05, 4.69) is 53.8 Å². The summed E-state index contributed by atoms with van der Waals surface area (Å²) in [6, 6.07) is 8.63.